The third-order valence-corrected chi connectivity index (χ3v) is 4.74. The Hall–Kier alpha value is -1.96. The predicted molar refractivity (Wildman–Crippen MR) is 81.1 cm³/mol. The molecule has 2 rings (SSSR count). The van der Waals surface area contributed by atoms with E-state index in [1.165, 1.54) is 25.3 Å². The number of hydrogen-bond acceptors (Lipinski definition) is 5. The minimum Gasteiger partial charge on any atom is -0.465 e. The van der Waals surface area contributed by atoms with Gasteiger partial charge in [0.05, 0.1) is 17.7 Å². The van der Waals surface area contributed by atoms with Gasteiger partial charge in [0.2, 0.25) is 10.0 Å². The van der Waals surface area contributed by atoms with Gasteiger partial charge in [-0.1, -0.05) is 11.6 Å². The van der Waals surface area contributed by atoms with Gasteiger partial charge in [0.1, 0.15) is 4.90 Å². The summed E-state index contributed by atoms with van der Waals surface area (Å²) in [6, 6.07) is 7.30. The molecule has 22 heavy (non-hydrogen) atoms. The van der Waals surface area contributed by atoms with Crippen molar-refractivity contribution in [3.63, 3.8) is 0 Å². The van der Waals surface area contributed by atoms with Crippen LogP contribution in [0.2, 0.25) is 5.02 Å². The number of aromatic nitrogens is 1. The van der Waals surface area contributed by atoms with Crippen molar-refractivity contribution in [1.29, 1.82) is 0 Å². The van der Waals surface area contributed by atoms with Crippen molar-refractivity contribution in [3.8, 4) is 0 Å². The summed E-state index contributed by atoms with van der Waals surface area (Å²) in [6.07, 6.45) is 3.13. The molecule has 0 aliphatic carbocycles. The van der Waals surface area contributed by atoms with Crippen molar-refractivity contribution in [2.75, 3.05) is 7.11 Å². The SMILES string of the molecule is COC(=O)c1ccc(Cl)c(S(=O)(=O)NCc2ccncc2)c1. The molecule has 0 radical (unpaired) electrons. The Morgan fingerprint density at radius 1 is 1.27 bits per heavy atom. The van der Waals surface area contributed by atoms with Crippen molar-refractivity contribution >= 4 is 27.6 Å². The second-order valence-electron chi connectivity index (χ2n) is 4.32. The number of esters is 1. The van der Waals surface area contributed by atoms with Crippen LogP contribution in [-0.4, -0.2) is 26.5 Å². The molecule has 1 N–H and O–H groups in total. The highest BCUT2D eigenvalue weighted by atomic mass is 35.5. The fourth-order valence-electron chi connectivity index (χ4n) is 1.71. The van der Waals surface area contributed by atoms with E-state index in [9.17, 15) is 13.2 Å². The summed E-state index contributed by atoms with van der Waals surface area (Å²) < 4.78 is 31.6. The van der Waals surface area contributed by atoms with E-state index < -0.39 is 16.0 Å². The van der Waals surface area contributed by atoms with Crippen LogP contribution in [0.3, 0.4) is 0 Å². The fraction of sp³-hybridized carbons (Fsp3) is 0.143. The largest absolute Gasteiger partial charge is 0.465 e. The van der Waals surface area contributed by atoms with Crippen molar-refractivity contribution < 1.29 is 17.9 Å². The number of pyridine rings is 1. The van der Waals surface area contributed by atoms with Crippen LogP contribution < -0.4 is 4.72 Å². The Labute approximate surface area is 133 Å². The standard InChI is InChI=1S/C14H13ClN2O4S/c1-21-14(18)11-2-3-12(15)13(8-11)22(19,20)17-9-10-4-6-16-7-5-10/h2-8,17H,9H2,1H3. The first-order valence-corrected chi connectivity index (χ1v) is 8.06. The van der Waals surface area contributed by atoms with Gasteiger partial charge >= 0.3 is 5.97 Å². The molecule has 8 heteroatoms. The van der Waals surface area contributed by atoms with E-state index in [0.717, 1.165) is 5.56 Å². The first kappa shape index (κ1) is 16.4. The van der Waals surface area contributed by atoms with Crippen molar-refractivity contribution in [2.45, 2.75) is 11.4 Å². The molecule has 1 heterocycles. The molecule has 116 valence electrons. The Morgan fingerprint density at radius 2 is 1.95 bits per heavy atom. The minimum atomic E-state index is -3.86. The number of rotatable bonds is 5. The third-order valence-electron chi connectivity index (χ3n) is 2.86. The number of ether oxygens (including phenoxy) is 1. The van der Waals surface area contributed by atoms with Gasteiger partial charge in [0.25, 0.3) is 0 Å². The molecule has 0 aliphatic rings. The average molecular weight is 341 g/mol. The smallest absolute Gasteiger partial charge is 0.337 e. The molecule has 0 fully saturated rings. The van der Waals surface area contributed by atoms with Gasteiger partial charge in [-0.3, -0.25) is 4.98 Å². The van der Waals surface area contributed by atoms with Crippen LogP contribution in [0, 0.1) is 0 Å². The van der Waals surface area contributed by atoms with Crippen molar-refractivity contribution in [1.82, 2.24) is 9.71 Å². The fourth-order valence-corrected chi connectivity index (χ4v) is 3.25. The summed E-state index contributed by atoms with van der Waals surface area (Å²) in [4.78, 5) is 15.2. The molecule has 2 aromatic rings. The molecule has 0 saturated heterocycles. The summed E-state index contributed by atoms with van der Waals surface area (Å²) >= 11 is 5.93. The molecule has 1 aromatic carbocycles. The number of halogens is 1. The number of nitrogens with zero attached hydrogens (tertiary/aromatic N) is 1. The monoisotopic (exact) mass is 340 g/mol. The van der Waals surface area contributed by atoms with E-state index in [0.29, 0.717) is 0 Å². The van der Waals surface area contributed by atoms with Crippen molar-refractivity contribution in [3.05, 3.63) is 58.9 Å². The second-order valence-corrected chi connectivity index (χ2v) is 6.46. The second kappa shape index (κ2) is 6.87. The molecule has 6 nitrogen and oxygen atoms in total. The lowest BCUT2D eigenvalue weighted by Crippen LogP contribution is -2.24. The number of nitrogens with one attached hydrogen (secondary N) is 1. The van der Waals surface area contributed by atoms with E-state index in [2.05, 4.69) is 14.4 Å². The molecular formula is C14H13ClN2O4S. The van der Waals surface area contributed by atoms with Gasteiger partial charge in [0, 0.05) is 18.9 Å². The average Bonchev–Trinajstić information content (AvgIpc) is 2.53. The lowest BCUT2D eigenvalue weighted by atomic mass is 10.2. The summed E-state index contributed by atoms with van der Waals surface area (Å²) in [5, 5.41) is 0.0230. The predicted octanol–water partition coefficient (Wildman–Crippen LogP) is 2.00. The van der Waals surface area contributed by atoms with Crippen LogP contribution >= 0.6 is 11.6 Å². The first-order valence-electron chi connectivity index (χ1n) is 6.20. The summed E-state index contributed by atoms with van der Waals surface area (Å²) in [6.45, 7) is 0.0869. The van der Waals surface area contributed by atoms with Gasteiger partial charge in [-0.2, -0.15) is 0 Å². The van der Waals surface area contributed by atoms with E-state index in [-0.39, 0.29) is 22.0 Å². The molecule has 0 unspecified atom stereocenters. The highest BCUT2D eigenvalue weighted by Crippen LogP contribution is 2.23. The van der Waals surface area contributed by atoms with Crippen LogP contribution in [0.4, 0.5) is 0 Å². The maximum absolute atomic E-state index is 12.3. The molecule has 0 spiro atoms. The Bertz CT molecular complexity index is 779. The molecule has 1 aromatic heterocycles. The van der Waals surface area contributed by atoms with Gasteiger partial charge < -0.3 is 4.74 Å². The zero-order chi connectivity index (χ0) is 16.2. The maximum Gasteiger partial charge on any atom is 0.337 e. The molecule has 0 aliphatic heterocycles. The summed E-state index contributed by atoms with van der Waals surface area (Å²) in [5.41, 5.74) is 0.856. The molecule has 0 saturated carbocycles. The number of carbonyl (C=O) groups is 1. The lowest BCUT2D eigenvalue weighted by molar-refractivity contribution is 0.0600. The number of hydrogen-bond donors (Lipinski definition) is 1. The van der Waals surface area contributed by atoms with Crippen LogP contribution in [-0.2, 0) is 21.3 Å². The quantitative estimate of drug-likeness (QED) is 0.841. The number of benzene rings is 1. The lowest BCUT2D eigenvalue weighted by Gasteiger charge is -2.09. The van der Waals surface area contributed by atoms with Gasteiger partial charge in [-0.25, -0.2) is 17.9 Å². The minimum absolute atomic E-state index is 0.0230. The van der Waals surface area contributed by atoms with E-state index >= 15 is 0 Å². The Morgan fingerprint density at radius 3 is 2.59 bits per heavy atom. The van der Waals surface area contributed by atoms with E-state index in [4.69, 9.17) is 11.6 Å². The van der Waals surface area contributed by atoms with Crippen LogP contribution in [0.1, 0.15) is 15.9 Å². The number of methoxy groups -OCH3 is 1. The zero-order valence-electron chi connectivity index (χ0n) is 11.6. The highest BCUT2D eigenvalue weighted by Gasteiger charge is 2.20. The highest BCUT2D eigenvalue weighted by molar-refractivity contribution is 7.89. The van der Waals surface area contributed by atoms with Gasteiger partial charge in [-0.15, -0.1) is 0 Å². The van der Waals surface area contributed by atoms with Crippen LogP contribution in [0.15, 0.2) is 47.6 Å². The number of carbonyl (C=O) groups excluding carboxylic acids is 1. The van der Waals surface area contributed by atoms with Gasteiger partial charge in [0.15, 0.2) is 0 Å². The van der Waals surface area contributed by atoms with Gasteiger partial charge in [-0.05, 0) is 35.9 Å². The van der Waals surface area contributed by atoms with Crippen molar-refractivity contribution in [2.24, 2.45) is 0 Å². The normalized spacial score (nSPS) is 11.2. The third kappa shape index (κ3) is 3.82. The summed E-state index contributed by atoms with van der Waals surface area (Å²) in [5.74, 6) is -0.637. The number of sulfonamides is 1. The maximum atomic E-state index is 12.3. The Balaban J connectivity index is 2.27. The first-order chi connectivity index (χ1) is 10.4. The summed E-state index contributed by atoms with van der Waals surface area (Å²) in [7, 11) is -2.65. The zero-order valence-corrected chi connectivity index (χ0v) is 13.2. The van der Waals surface area contributed by atoms with E-state index in [1.807, 2.05) is 0 Å². The molecular weight excluding hydrogens is 328 g/mol. The van der Waals surface area contributed by atoms with Crippen LogP contribution in [0.5, 0.6) is 0 Å². The molecule has 0 bridgehead atoms. The topological polar surface area (TPSA) is 85.4 Å². The molecule has 0 amide bonds. The molecule has 0 atom stereocenters. The van der Waals surface area contributed by atoms with E-state index in [1.54, 1.807) is 24.5 Å². The Kier molecular flexibility index (Phi) is 5.12. The van der Waals surface area contributed by atoms with Crippen LogP contribution in [0.25, 0.3) is 0 Å².